The molecule has 0 fully saturated rings. The van der Waals surface area contributed by atoms with E-state index in [1.165, 1.54) is 0 Å². The van der Waals surface area contributed by atoms with Gasteiger partial charge in [0.25, 0.3) is 0 Å². The van der Waals surface area contributed by atoms with Gasteiger partial charge in [0.05, 0.1) is 5.69 Å². The van der Waals surface area contributed by atoms with E-state index < -0.39 is 0 Å². The van der Waals surface area contributed by atoms with Crippen LogP contribution in [0.15, 0.2) is 12.1 Å². The first-order valence-electron chi connectivity index (χ1n) is 8.42. The highest BCUT2D eigenvalue weighted by atomic mass is 15.3. The lowest BCUT2D eigenvalue weighted by Gasteiger charge is -2.32. The zero-order chi connectivity index (χ0) is 15.7. The summed E-state index contributed by atoms with van der Waals surface area (Å²) in [6, 6.07) is 4.77. The van der Waals surface area contributed by atoms with Crippen molar-refractivity contribution in [2.75, 3.05) is 18.0 Å². The summed E-state index contributed by atoms with van der Waals surface area (Å²) in [6.07, 6.45) is 3.43. The van der Waals surface area contributed by atoms with Crippen LogP contribution in [0.2, 0.25) is 0 Å². The zero-order valence-corrected chi connectivity index (χ0v) is 14.4. The molecule has 0 amide bonds. The Kier molecular flexibility index (Phi) is 8.28. The van der Waals surface area contributed by atoms with Gasteiger partial charge in [-0.1, -0.05) is 34.6 Å². The van der Waals surface area contributed by atoms with Crippen molar-refractivity contribution in [3.63, 3.8) is 0 Å². The van der Waals surface area contributed by atoms with Crippen molar-refractivity contribution < 1.29 is 0 Å². The topological polar surface area (TPSA) is 41.0 Å². The number of aromatic nitrogens is 2. The van der Waals surface area contributed by atoms with Crippen molar-refractivity contribution in [1.29, 1.82) is 0 Å². The largest absolute Gasteiger partial charge is 0.352 e. The average molecular weight is 292 g/mol. The molecule has 0 bridgehead atoms. The van der Waals surface area contributed by atoms with Crippen LogP contribution in [0.3, 0.4) is 0 Å². The Hall–Kier alpha value is -1.16. The van der Waals surface area contributed by atoms with Crippen molar-refractivity contribution in [2.45, 2.75) is 66.5 Å². The molecule has 0 aromatic carbocycles. The van der Waals surface area contributed by atoms with Crippen LogP contribution in [-0.4, -0.2) is 29.3 Å². The zero-order valence-electron chi connectivity index (χ0n) is 14.4. The first-order valence-corrected chi connectivity index (χ1v) is 8.42. The SMILES string of the molecule is CCCNCc1ccc(N(CC(C)C)C(CC)CC)nn1. The van der Waals surface area contributed by atoms with Crippen molar-refractivity contribution in [3.8, 4) is 0 Å². The minimum absolute atomic E-state index is 0.547. The monoisotopic (exact) mass is 292 g/mol. The molecule has 4 nitrogen and oxygen atoms in total. The Morgan fingerprint density at radius 2 is 1.81 bits per heavy atom. The lowest BCUT2D eigenvalue weighted by Crippen LogP contribution is -2.38. The summed E-state index contributed by atoms with van der Waals surface area (Å²) in [5, 5.41) is 12.2. The highest BCUT2D eigenvalue weighted by Crippen LogP contribution is 2.19. The molecule has 1 aromatic heterocycles. The van der Waals surface area contributed by atoms with Crippen LogP contribution in [-0.2, 0) is 6.54 Å². The van der Waals surface area contributed by atoms with E-state index in [-0.39, 0.29) is 0 Å². The van der Waals surface area contributed by atoms with E-state index >= 15 is 0 Å². The van der Waals surface area contributed by atoms with Crippen LogP contribution in [0.5, 0.6) is 0 Å². The third kappa shape index (κ3) is 6.00. The summed E-state index contributed by atoms with van der Waals surface area (Å²) in [5.74, 6) is 1.63. The fraction of sp³-hybridized carbons (Fsp3) is 0.765. The molecule has 0 atom stereocenters. The summed E-state index contributed by atoms with van der Waals surface area (Å²) >= 11 is 0. The Morgan fingerprint density at radius 1 is 1.10 bits per heavy atom. The minimum atomic E-state index is 0.547. The average Bonchev–Trinajstić information content (AvgIpc) is 2.48. The minimum Gasteiger partial charge on any atom is -0.352 e. The van der Waals surface area contributed by atoms with Gasteiger partial charge >= 0.3 is 0 Å². The number of rotatable bonds is 10. The van der Waals surface area contributed by atoms with E-state index in [0.717, 1.165) is 50.4 Å². The molecule has 0 radical (unpaired) electrons. The first kappa shape index (κ1) is 17.9. The summed E-state index contributed by atoms with van der Waals surface area (Å²) in [7, 11) is 0. The summed E-state index contributed by atoms with van der Waals surface area (Å²) in [6.45, 7) is 14.0. The number of nitrogens with one attached hydrogen (secondary N) is 1. The molecular weight excluding hydrogens is 260 g/mol. The molecule has 21 heavy (non-hydrogen) atoms. The predicted molar refractivity (Wildman–Crippen MR) is 90.6 cm³/mol. The lowest BCUT2D eigenvalue weighted by atomic mass is 10.1. The van der Waals surface area contributed by atoms with Gasteiger partial charge in [0.15, 0.2) is 5.82 Å². The summed E-state index contributed by atoms with van der Waals surface area (Å²) in [5.41, 5.74) is 1.02. The third-order valence-corrected chi connectivity index (χ3v) is 3.68. The molecule has 0 saturated carbocycles. The fourth-order valence-corrected chi connectivity index (χ4v) is 2.55. The van der Waals surface area contributed by atoms with Gasteiger partial charge < -0.3 is 10.2 Å². The highest BCUT2D eigenvalue weighted by molar-refractivity contribution is 5.38. The maximum atomic E-state index is 4.46. The highest BCUT2D eigenvalue weighted by Gasteiger charge is 2.18. The third-order valence-electron chi connectivity index (χ3n) is 3.68. The predicted octanol–water partition coefficient (Wildman–Crippen LogP) is 3.63. The van der Waals surface area contributed by atoms with Crippen molar-refractivity contribution in [2.24, 2.45) is 5.92 Å². The van der Waals surface area contributed by atoms with Crippen molar-refractivity contribution in [3.05, 3.63) is 17.8 Å². The van der Waals surface area contributed by atoms with Crippen molar-refractivity contribution in [1.82, 2.24) is 15.5 Å². The van der Waals surface area contributed by atoms with Gasteiger partial charge in [0.1, 0.15) is 0 Å². The van der Waals surface area contributed by atoms with Crippen LogP contribution in [0.25, 0.3) is 0 Å². The molecule has 0 aliphatic rings. The number of nitrogens with zero attached hydrogens (tertiary/aromatic N) is 3. The first-order chi connectivity index (χ1) is 10.1. The fourth-order valence-electron chi connectivity index (χ4n) is 2.55. The van der Waals surface area contributed by atoms with Crippen LogP contribution in [0.4, 0.5) is 5.82 Å². The van der Waals surface area contributed by atoms with Crippen LogP contribution < -0.4 is 10.2 Å². The lowest BCUT2D eigenvalue weighted by molar-refractivity contribution is 0.501. The van der Waals surface area contributed by atoms with Crippen LogP contribution >= 0.6 is 0 Å². The van der Waals surface area contributed by atoms with E-state index in [4.69, 9.17) is 0 Å². The summed E-state index contributed by atoms with van der Waals surface area (Å²) in [4.78, 5) is 2.42. The maximum Gasteiger partial charge on any atom is 0.151 e. The second-order valence-electron chi connectivity index (χ2n) is 6.08. The smallest absolute Gasteiger partial charge is 0.151 e. The van der Waals surface area contributed by atoms with Gasteiger partial charge in [-0.15, -0.1) is 5.10 Å². The number of hydrogen-bond donors (Lipinski definition) is 1. The molecule has 0 aliphatic carbocycles. The Bertz CT molecular complexity index is 371. The molecule has 4 heteroatoms. The van der Waals surface area contributed by atoms with E-state index in [1.54, 1.807) is 0 Å². The maximum absolute atomic E-state index is 4.46. The number of anilines is 1. The van der Waals surface area contributed by atoms with Gasteiger partial charge in [-0.3, -0.25) is 0 Å². The van der Waals surface area contributed by atoms with E-state index in [0.29, 0.717) is 12.0 Å². The van der Waals surface area contributed by atoms with E-state index in [2.05, 4.69) is 67.2 Å². The van der Waals surface area contributed by atoms with Gasteiger partial charge in [0, 0.05) is 19.1 Å². The van der Waals surface area contributed by atoms with Gasteiger partial charge in [0.2, 0.25) is 0 Å². The summed E-state index contributed by atoms with van der Waals surface area (Å²) < 4.78 is 0. The number of hydrogen-bond acceptors (Lipinski definition) is 4. The molecule has 1 heterocycles. The van der Waals surface area contributed by atoms with Crippen molar-refractivity contribution >= 4 is 5.82 Å². The van der Waals surface area contributed by atoms with Crippen LogP contribution in [0.1, 0.15) is 59.6 Å². The molecule has 120 valence electrons. The molecular formula is C17H32N4. The molecule has 0 spiro atoms. The van der Waals surface area contributed by atoms with Crippen LogP contribution in [0, 0.1) is 5.92 Å². The Balaban J connectivity index is 2.77. The molecule has 1 N–H and O–H groups in total. The normalized spacial score (nSPS) is 11.4. The van der Waals surface area contributed by atoms with E-state index in [9.17, 15) is 0 Å². The molecule has 1 rings (SSSR count). The van der Waals surface area contributed by atoms with Gasteiger partial charge in [-0.25, -0.2) is 0 Å². The van der Waals surface area contributed by atoms with E-state index in [1.807, 2.05) is 0 Å². The molecule has 0 saturated heterocycles. The molecule has 1 aromatic rings. The quantitative estimate of drug-likeness (QED) is 0.669. The Labute approximate surface area is 130 Å². The second kappa shape index (κ2) is 9.72. The standard InChI is InChI=1S/C17H32N4/c1-6-11-18-12-15-9-10-17(20-19-15)21(13-14(4)5)16(7-2)8-3/h9-10,14,16,18H,6-8,11-13H2,1-5H3. The molecule has 0 aliphatic heterocycles. The molecule has 0 unspecified atom stereocenters. The van der Waals surface area contributed by atoms with Gasteiger partial charge in [-0.05, 0) is 43.9 Å². The second-order valence-corrected chi connectivity index (χ2v) is 6.08. The van der Waals surface area contributed by atoms with Gasteiger partial charge in [-0.2, -0.15) is 5.10 Å². The Morgan fingerprint density at radius 3 is 2.29 bits per heavy atom.